The molecule has 1 fully saturated rings. The Balaban J connectivity index is 2.18. The summed E-state index contributed by atoms with van der Waals surface area (Å²) in [5, 5.41) is 0. The second kappa shape index (κ2) is 6.73. The highest BCUT2D eigenvalue weighted by atomic mass is 79.9. The lowest BCUT2D eigenvalue weighted by Crippen LogP contribution is -2.41. The van der Waals surface area contributed by atoms with Crippen LogP contribution in [-0.2, 0) is 10.0 Å². The van der Waals surface area contributed by atoms with Crippen molar-refractivity contribution in [3.63, 3.8) is 0 Å². The van der Waals surface area contributed by atoms with Crippen molar-refractivity contribution in [3.05, 3.63) is 28.5 Å². The Bertz CT molecular complexity index is 609. The number of likely N-dealkylation sites (N-methyl/N-ethyl adjacent to an activating group) is 2. The predicted molar refractivity (Wildman–Crippen MR) is 84.2 cm³/mol. The van der Waals surface area contributed by atoms with Crippen LogP contribution in [0.15, 0.2) is 27.6 Å². The van der Waals surface area contributed by atoms with Crippen LogP contribution < -0.4 is 0 Å². The second-order valence-corrected chi connectivity index (χ2v) is 8.21. The van der Waals surface area contributed by atoms with Gasteiger partial charge in [-0.05, 0) is 44.1 Å². The molecule has 21 heavy (non-hydrogen) atoms. The normalized spacial score (nSPS) is 20.3. The summed E-state index contributed by atoms with van der Waals surface area (Å²) >= 11 is 3.13. The smallest absolute Gasteiger partial charge is 0.245 e. The molecule has 0 N–H and O–H groups in total. The van der Waals surface area contributed by atoms with Gasteiger partial charge in [-0.3, -0.25) is 4.90 Å². The van der Waals surface area contributed by atoms with Gasteiger partial charge in [0.2, 0.25) is 10.0 Å². The number of sulfonamides is 1. The Morgan fingerprint density at radius 2 is 2.19 bits per heavy atom. The molecule has 1 aliphatic rings. The third kappa shape index (κ3) is 3.64. The molecular weight excluding hydrogens is 359 g/mol. The number of rotatable bonds is 5. The van der Waals surface area contributed by atoms with Crippen LogP contribution in [-0.4, -0.2) is 50.3 Å². The van der Waals surface area contributed by atoms with E-state index in [9.17, 15) is 12.8 Å². The molecule has 1 aromatic carbocycles. The molecule has 7 heteroatoms. The van der Waals surface area contributed by atoms with E-state index in [-0.39, 0.29) is 10.9 Å². The lowest BCUT2D eigenvalue weighted by atomic mass is 10.2. The van der Waals surface area contributed by atoms with Gasteiger partial charge in [-0.2, -0.15) is 4.31 Å². The van der Waals surface area contributed by atoms with Gasteiger partial charge in [-0.1, -0.05) is 22.9 Å². The summed E-state index contributed by atoms with van der Waals surface area (Å²) in [5.74, 6) is -0.727. The minimum Gasteiger partial charge on any atom is -0.299 e. The monoisotopic (exact) mass is 378 g/mol. The van der Waals surface area contributed by atoms with Gasteiger partial charge in [0, 0.05) is 24.1 Å². The molecule has 1 saturated heterocycles. The minimum atomic E-state index is -3.79. The Hall–Kier alpha value is -0.500. The standard InChI is InChI=1S/C14H20BrFN2O2S/c1-3-18-8-4-5-12(18)10-17(2)21(19,20)14-7-6-11(15)9-13(14)16/h6-7,9,12H,3-5,8,10H2,1-2H3. The number of benzene rings is 1. The highest BCUT2D eigenvalue weighted by Gasteiger charge is 2.30. The molecule has 0 amide bonds. The molecule has 1 aromatic rings. The van der Waals surface area contributed by atoms with Crippen molar-refractivity contribution in [2.45, 2.75) is 30.7 Å². The molecule has 4 nitrogen and oxygen atoms in total. The van der Waals surface area contributed by atoms with Gasteiger partial charge < -0.3 is 0 Å². The molecule has 1 unspecified atom stereocenters. The maximum absolute atomic E-state index is 13.9. The fourth-order valence-electron chi connectivity index (χ4n) is 2.77. The highest BCUT2D eigenvalue weighted by molar-refractivity contribution is 9.10. The van der Waals surface area contributed by atoms with Crippen molar-refractivity contribution in [1.82, 2.24) is 9.21 Å². The van der Waals surface area contributed by atoms with Crippen LogP contribution in [0.3, 0.4) is 0 Å². The van der Waals surface area contributed by atoms with Gasteiger partial charge in [-0.15, -0.1) is 0 Å². The zero-order chi connectivity index (χ0) is 15.6. The van der Waals surface area contributed by atoms with E-state index in [1.165, 1.54) is 29.6 Å². The molecule has 0 bridgehead atoms. The van der Waals surface area contributed by atoms with E-state index in [0.29, 0.717) is 11.0 Å². The Kier molecular flexibility index (Phi) is 5.40. The lowest BCUT2D eigenvalue weighted by Gasteiger charge is -2.27. The average molecular weight is 379 g/mol. The van der Waals surface area contributed by atoms with Crippen LogP contribution in [0.25, 0.3) is 0 Å². The predicted octanol–water partition coefficient (Wildman–Crippen LogP) is 2.69. The van der Waals surface area contributed by atoms with Crippen LogP contribution in [0.1, 0.15) is 19.8 Å². The van der Waals surface area contributed by atoms with E-state index >= 15 is 0 Å². The van der Waals surface area contributed by atoms with Crippen molar-refractivity contribution < 1.29 is 12.8 Å². The molecule has 0 saturated carbocycles. The maximum Gasteiger partial charge on any atom is 0.245 e. The van der Waals surface area contributed by atoms with E-state index < -0.39 is 15.8 Å². The zero-order valence-electron chi connectivity index (χ0n) is 12.2. The van der Waals surface area contributed by atoms with E-state index in [1.54, 1.807) is 0 Å². The number of nitrogens with zero attached hydrogens (tertiary/aromatic N) is 2. The molecular formula is C14H20BrFN2O2S. The number of hydrogen-bond donors (Lipinski definition) is 0. The van der Waals surface area contributed by atoms with Crippen molar-refractivity contribution in [2.24, 2.45) is 0 Å². The average Bonchev–Trinajstić information content (AvgIpc) is 2.85. The van der Waals surface area contributed by atoms with Crippen LogP contribution in [0.2, 0.25) is 0 Å². The first-order valence-electron chi connectivity index (χ1n) is 7.01. The van der Waals surface area contributed by atoms with Gasteiger partial charge in [0.1, 0.15) is 10.7 Å². The zero-order valence-corrected chi connectivity index (χ0v) is 14.6. The largest absolute Gasteiger partial charge is 0.299 e. The molecule has 0 spiro atoms. The number of likely N-dealkylation sites (tertiary alicyclic amines) is 1. The molecule has 1 atom stereocenters. The molecule has 1 heterocycles. The first-order chi connectivity index (χ1) is 9.86. The Morgan fingerprint density at radius 3 is 2.81 bits per heavy atom. The van der Waals surface area contributed by atoms with Crippen molar-refractivity contribution in [1.29, 1.82) is 0 Å². The highest BCUT2D eigenvalue weighted by Crippen LogP contribution is 2.24. The SMILES string of the molecule is CCN1CCCC1CN(C)S(=O)(=O)c1ccc(Br)cc1F. The maximum atomic E-state index is 13.9. The van der Waals surface area contributed by atoms with Crippen LogP contribution in [0.4, 0.5) is 4.39 Å². The third-order valence-electron chi connectivity index (χ3n) is 3.96. The summed E-state index contributed by atoms with van der Waals surface area (Å²) in [4.78, 5) is 2.00. The third-order valence-corrected chi connectivity index (χ3v) is 6.31. The summed E-state index contributed by atoms with van der Waals surface area (Å²) in [6.07, 6.45) is 2.07. The fourth-order valence-corrected chi connectivity index (χ4v) is 4.35. The molecule has 118 valence electrons. The summed E-state index contributed by atoms with van der Waals surface area (Å²) in [5.41, 5.74) is 0. The summed E-state index contributed by atoms with van der Waals surface area (Å²) in [6, 6.07) is 4.23. The first kappa shape index (κ1) is 16.9. The Labute approximate surface area is 134 Å². The van der Waals surface area contributed by atoms with Gasteiger partial charge >= 0.3 is 0 Å². The van der Waals surface area contributed by atoms with Gasteiger partial charge in [-0.25, -0.2) is 12.8 Å². The molecule has 1 aliphatic heterocycles. The van der Waals surface area contributed by atoms with E-state index in [2.05, 4.69) is 27.8 Å². The summed E-state index contributed by atoms with van der Waals surface area (Å²) < 4.78 is 40.7. The van der Waals surface area contributed by atoms with Crippen molar-refractivity contribution in [2.75, 3.05) is 26.7 Å². The topological polar surface area (TPSA) is 40.6 Å². The molecule has 0 aliphatic carbocycles. The number of hydrogen-bond acceptors (Lipinski definition) is 3. The van der Waals surface area contributed by atoms with Crippen LogP contribution in [0.5, 0.6) is 0 Å². The van der Waals surface area contributed by atoms with Crippen LogP contribution in [0, 0.1) is 5.82 Å². The quantitative estimate of drug-likeness (QED) is 0.790. The van der Waals surface area contributed by atoms with E-state index in [0.717, 1.165) is 25.9 Å². The lowest BCUT2D eigenvalue weighted by molar-refractivity contribution is 0.237. The second-order valence-electron chi connectivity index (χ2n) is 5.28. The summed E-state index contributed by atoms with van der Waals surface area (Å²) in [7, 11) is -2.28. The number of halogens is 2. The summed E-state index contributed by atoms with van der Waals surface area (Å²) in [6.45, 7) is 4.37. The van der Waals surface area contributed by atoms with E-state index in [4.69, 9.17) is 0 Å². The van der Waals surface area contributed by atoms with Gasteiger partial charge in [0.15, 0.2) is 0 Å². The fraction of sp³-hybridized carbons (Fsp3) is 0.571. The molecule has 0 radical (unpaired) electrons. The minimum absolute atomic E-state index is 0.216. The van der Waals surface area contributed by atoms with Crippen LogP contribution >= 0.6 is 15.9 Å². The van der Waals surface area contributed by atoms with Crippen molar-refractivity contribution in [3.8, 4) is 0 Å². The first-order valence-corrected chi connectivity index (χ1v) is 9.25. The Morgan fingerprint density at radius 1 is 1.48 bits per heavy atom. The van der Waals surface area contributed by atoms with Crippen molar-refractivity contribution >= 4 is 26.0 Å². The van der Waals surface area contributed by atoms with E-state index in [1.807, 2.05) is 0 Å². The molecule has 2 rings (SSSR count). The van der Waals surface area contributed by atoms with Gasteiger partial charge in [0.05, 0.1) is 0 Å². The molecule has 0 aromatic heterocycles. The van der Waals surface area contributed by atoms with Gasteiger partial charge in [0.25, 0.3) is 0 Å².